The number of halogens is 3. The van der Waals surface area contributed by atoms with Crippen molar-refractivity contribution in [1.82, 2.24) is 0 Å². The highest BCUT2D eigenvalue weighted by atomic mass is 19.2. The van der Waals surface area contributed by atoms with E-state index in [9.17, 15) is 13.2 Å². The Balaban J connectivity index is 3.39. The average Bonchev–Trinajstić information content (AvgIpc) is 2.12. The minimum Gasteiger partial charge on any atom is -0.494 e. The van der Waals surface area contributed by atoms with Gasteiger partial charge in [-0.3, -0.25) is 0 Å². The standard InChI is InChI=1S/C8H8F3NO/c1-13-6-2-5(9)7(10)4(3-12)8(6)11/h2H,3,12H2,1H3. The summed E-state index contributed by atoms with van der Waals surface area (Å²) in [5, 5.41) is 0. The molecular weight excluding hydrogens is 183 g/mol. The van der Waals surface area contributed by atoms with E-state index in [1.165, 1.54) is 0 Å². The van der Waals surface area contributed by atoms with Gasteiger partial charge in [0.1, 0.15) is 0 Å². The monoisotopic (exact) mass is 191 g/mol. The Kier molecular flexibility index (Phi) is 2.77. The van der Waals surface area contributed by atoms with Crippen molar-refractivity contribution >= 4 is 0 Å². The fraction of sp³-hybridized carbons (Fsp3) is 0.250. The molecule has 1 rings (SSSR count). The second-order valence-electron chi connectivity index (χ2n) is 2.37. The van der Waals surface area contributed by atoms with Crippen LogP contribution in [0.3, 0.4) is 0 Å². The summed E-state index contributed by atoms with van der Waals surface area (Å²) in [4.78, 5) is 0. The molecule has 0 radical (unpaired) electrons. The Morgan fingerprint density at radius 1 is 1.31 bits per heavy atom. The first-order chi connectivity index (χ1) is 6.11. The van der Waals surface area contributed by atoms with Gasteiger partial charge < -0.3 is 10.5 Å². The zero-order chi connectivity index (χ0) is 10.0. The largest absolute Gasteiger partial charge is 0.494 e. The summed E-state index contributed by atoms with van der Waals surface area (Å²) in [6.45, 7) is -0.411. The molecule has 5 heteroatoms. The molecule has 72 valence electrons. The molecule has 0 atom stereocenters. The van der Waals surface area contributed by atoms with Crippen LogP contribution in [0.5, 0.6) is 5.75 Å². The van der Waals surface area contributed by atoms with Gasteiger partial charge >= 0.3 is 0 Å². The van der Waals surface area contributed by atoms with Gasteiger partial charge in [0.25, 0.3) is 0 Å². The molecule has 0 amide bonds. The van der Waals surface area contributed by atoms with Crippen LogP contribution in [0.2, 0.25) is 0 Å². The summed E-state index contributed by atoms with van der Waals surface area (Å²) in [5.74, 6) is -3.73. The summed E-state index contributed by atoms with van der Waals surface area (Å²) in [7, 11) is 1.16. The molecule has 0 bridgehead atoms. The lowest BCUT2D eigenvalue weighted by Gasteiger charge is -2.07. The van der Waals surface area contributed by atoms with Crippen molar-refractivity contribution in [2.45, 2.75) is 6.54 Å². The van der Waals surface area contributed by atoms with Crippen LogP contribution in [-0.4, -0.2) is 7.11 Å². The maximum absolute atomic E-state index is 13.1. The lowest BCUT2D eigenvalue weighted by Crippen LogP contribution is -2.07. The number of benzene rings is 1. The summed E-state index contributed by atoms with van der Waals surface area (Å²) in [5.41, 5.74) is 4.54. The van der Waals surface area contributed by atoms with Gasteiger partial charge in [0, 0.05) is 18.2 Å². The van der Waals surface area contributed by atoms with Crippen molar-refractivity contribution in [3.05, 3.63) is 29.1 Å². The normalized spacial score (nSPS) is 10.2. The first-order valence-corrected chi connectivity index (χ1v) is 3.52. The first-order valence-electron chi connectivity index (χ1n) is 3.52. The smallest absolute Gasteiger partial charge is 0.172 e. The van der Waals surface area contributed by atoms with Crippen molar-refractivity contribution in [3.63, 3.8) is 0 Å². The van der Waals surface area contributed by atoms with Crippen LogP contribution in [0.25, 0.3) is 0 Å². The Morgan fingerprint density at radius 2 is 1.92 bits per heavy atom. The van der Waals surface area contributed by atoms with Gasteiger partial charge in [-0.25, -0.2) is 13.2 Å². The van der Waals surface area contributed by atoms with E-state index in [0.29, 0.717) is 6.07 Å². The van der Waals surface area contributed by atoms with Gasteiger partial charge in [0.15, 0.2) is 23.2 Å². The molecular formula is C8H8F3NO. The zero-order valence-corrected chi connectivity index (χ0v) is 6.90. The van der Waals surface area contributed by atoms with Crippen molar-refractivity contribution in [1.29, 1.82) is 0 Å². The Labute approximate surface area is 73.1 Å². The molecule has 0 spiro atoms. The number of methoxy groups -OCH3 is 1. The van der Waals surface area contributed by atoms with E-state index in [2.05, 4.69) is 4.74 Å². The van der Waals surface area contributed by atoms with Crippen LogP contribution >= 0.6 is 0 Å². The van der Waals surface area contributed by atoms with E-state index < -0.39 is 29.6 Å². The molecule has 0 aliphatic rings. The summed E-state index contributed by atoms with van der Waals surface area (Å²) in [6.07, 6.45) is 0. The highest BCUT2D eigenvalue weighted by molar-refractivity contribution is 5.33. The molecule has 1 aromatic rings. The minimum atomic E-state index is -1.26. The molecule has 0 saturated heterocycles. The van der Waals surface area contributed by atoms with Crippen LogP contribution in [0, 0.1) is 17.5 Å². The van der Waals surface area contributed by atoms with Gasteiger partial charge in [-0.2, -0.15) is 0 Å². The van der Waals surface area contributed by atoms with Crippen molar-refractivity contribution in [2.24, 2.45) is 5.73 Å². The van der Waals surface area contributed by atoms with Gasteiger partial charge in [0.2, 0.25) is 0 Å². The maximum atomic E-state index is 13.1. The quantitative estimate of drug-likeness (QED) is 0.720. The second kappa shape index (κ2) is 3.66. The molecule has 0 unspecified atom stereocenters. The highest BCUT2D eigenvalue weighted by Crippen LogP contribution is 2.24. The van der Waals surface area contributed by atoms with Crippen LogP contribution in [0.1, 0.15) is 5.56 Å². The fourth-order valence-electron chi connectivity index (χ4n) is 0.959. The summed E-state index contributed by atoms with van der Waals surface area (Å²) in [6, 6.07) is 0.643. The predicted molar refractivity (Wildman–Crippen MR) is 40.8 cm³/mol. The first kappa shape index (κ1) is 9.85. The zero-order valence-electron chi connectivity index (χ0n) is 6.90. The molecule has 0 aromatic heterocycles. The molecule has 0 saturated carbocycles. The van der Waals surface area contributed by atoms with E-state index in [-0.39, 0.29) is 5.75 Å². The SMILES string of the molecule is COc1cc(F)c(F)c(CN)c1F. The van der Waals surface area contributed by atoms with Crippen molar-refractivity contribution in [2.75, 3.05) is 7.11 Å². The van der Waals surface area contributed by atoms with E-state index in [1.807, 2.05) is 0 Å². The van der Waals surface area contributed by atoms with E-state index in [0.717, 1.165) is 7.11 Å². The van der Waals surface area contributed by atoms with Crippen LogP contribution in [0.15, 0.2) is 6.07 Å². The Morgan fingerprint density at radius 3 is 2.38 bits per heavy atom. The maximum Gasteiger partial charge on any atom is 0.172 e. The van der Waals surface area contributed by atoms with E-state index >= 15 is 0 Å². The van der Waals surface area contributed by atoms with Gasteiger partial charge in [-0.1, -0.05) is 0 Å². The minimum absolute atomic E-state index is 0.348. The Bertz CT molecular complexity index is 328. The van der Waals surface area contributed by atoms with Crippen LogP contribution < -0.4 is 10.5 Å². The van der Waals surface area contributed by atoms with Crippen LogP contribution in [-0.2, 0) is 6.54 Å². The number of hydrogen-bond acceptors (Lipinski definition) is 2. The summed E-state index contributed by atoms with van der Waals surface area (Å²) >= 11 is 0. The fourth-order valence-corrected chi connectivity index (χ4v) is 0.959. The topological polar surface area (TPSA) is 35.2 Å². The third-order valence-electron chi connectivity index (χ3n) is 1.64. The highest BCUT2D eigenvalue weighted by Gasteiger charge is 2.17. The molecule has 0 heterocycles. The average molecular weight is 191 g/mol. The lowest BCUT2D eigenvalue weighted by molar-refractivity contribution is 0.371. The molecule has 0 aliphatic heterocycles. The van der Waals surface area contributed by atoms with Gasteiger partial charge in [0.05, 0.1) is 7.11 Å². The number of nitrogens with two attached hydrogens (primary N) is 1. The lowest BCUT2D eigenvalue weighted by atomic mass is 10.2. The number of ether oxygens (including phenoxy) is 1. The number of rotatable bonds is 2. The van der Waals surface area contributed by atoms with E-state index in [1.54, 1.807) is 0 Å². The number of hydrogen-bond donors (Lipinski definition) is 1. The molecule has 0 fully saturated rings. The van der Waals surface area contributed by atoms with Gasteiger partial charge in [-0.05, 0) is 0 Å². The third-order valence-corrected chi connectivity index (χ3v) is 1.64. The third kappa shape index (κ3) is 1.60. The molecule has 2 nitrogen and oxygen atoms in total. The molecule has 13 heavy (non-hydrogen) atoms. The van der Waals surface area contributed by atoms with Crippen LogP contribution in [0.4, 0.5) is 13.2 Å². The van der Waals surface area contributed by atoms with Crippen molar-refractivity contribution in [3.8, 4) is 5.75 Å². The van der Waals surface area contributed by atoms with Gasteiger partial charge in [-0.15, -0.1) is 0 Å². The summed E-state index contributed by atoms with van der Waals surface area (Å²) < 4.78 is 43.1. The molecule has 1 aromatic carbocycles. The molecule has 0 aliphatic carbocycles. The van der Waals surface area contributed by atoms with E-state index in [4.69, 9.17) is 5.73 Å². The predicted octanol–water partition coefficient (Wildman–Crippen LogP) is 1.57. The second-order valence-corrected chi connectivity index (χ2v) is 2.37. The molecule has 2 N–H and O–H groups in total. The van der Waals surface area contributed by atoms with Crippen molar-refractivity contribution < 1.29 is 17.9 Å². The Hall–Kier alpha value is -1.23.